The predicted octanol–water partition coefficient (Wildman–Crippen LogP) is 2.57. The maximum Gasteiger partial charge on any atom is 0.252 e. The summed E-state index contributed by atoms with van der Waals surface area (Å²) in [6.07, 6.45) is 10.7. The molecule has 1 aromatic heterocycles. The molecule has 1 heterocycles. The number of hydrogen-bond donors (Lipinski definition) is 2. The number of H-pyrrole nitrogens is 1. The Morgan fingerprint density at radius 3 is 2.95 bits per heavy atom. The molecule has 0 radical (unpaired) electrons. The first-order chi connectivity index (χ1) is 10.8. The van der Waals surface area contributed by atoms with E-state index in [-0.39, 0.29) is 11.4 Å². The normalized spacial score (nSPS) is 18.4. The number of aromatic nitrogens is 3. The lowest BCUT2D eigenvalue weighted by Gasteiger charge is -2.40. The van der Waals surface area contributed by atoms with E-state index in [0.29, 0.717) is 0 Å². The molecule has 0 spiro atoms. The number of carbonyl (C=O) groups excluding carboxylic acids is 1. The van der Waals surface area contributed by atoms with Gasteiger partial charge in [0.2, 0.25) is 0 Å². The maximum atomic E-state index is 12.6. The van der Waals surface area contributed by atoms with Crippen LogP contribution in [0.1, 0.15) is 53.0 Å². The molecule has 0 saturated heterocycles. The summed E-state index contributed by atoms with van der Waals surface area (Å²) in [6, 6.07) is 5.94. The molecule has 112 valence electrons. The van der Waals surface area contributed by atoms with Crippen molar-refractivity contribution in [1.82, 2.24) is 20.5 Å². The molecule has 1 fully saturated rings. The quantitative estimate of drug-likeness (QED) is 0.914. The van der Waals surface area contributed by atoms with E-state index >= 15 is 0 Å². The van der Waals surface area contributed by atoms with Crippen molar-refractivity contribution in [2.24, 2.45) is 0 Å². The summed E-state index contributed by atoms with van der Waals surface area (Å²) in [5, 5.41) is 9.98. The van der Waals surface area contributed by atoms with Crippen molar-refractivity contribution in [2.75, 3.05) is 0 Å². The first kappa shape index (κ1) is 13.2. The van der Waals surface area contributed by atoms with E-state index in [1.165, 1.54) is 17.5 Å². The molecule has 1 amide bonds. The van der Waals surface area contributed by atoms with Crippen molar-refractivity contribution in [3.05, 3.63) is 53.1 Å². The summed E-state index contributed by atoms with van der Waals surface area (Å²) >= 11 is 0. The van der Waals surface area contributed by atoms with E-state index < -0.39 is 0 Å². The lowest BCUT2D eigenvalue weighted by Crippen LogP contribution is -2.51. The van der Waals surface area contributed by atoms with Gasteiger partial charge in [0.25, 0.3) is 5.91 Å². The largest absolute Gasteiger partial charge is 0.339 e. The van der Waals surface area contributed by atoms with E-state index in [2.05, 4.69) is 32.7 Å². The second-order valence-corrected chi connectivity index (χ2v) is 6.08. The number of amides is 1. The highest BCUT2D eigenvalue weighted by Crippen LogP contribution is 2.39. The van der Waals surface area contributed by atoms with Gasteiger partial charge in [-0.15, -0.1) is 0 Å². The number of hydrogen-bond acceptors (Lipinski definition) is 3. The first-order valence-electron chi connectivity index (χ1n) is 7.75. The number of aryl methyl sites for hydroxylation is 1. The van der Waals surface area contributed by atoms with Gasteiger partial charge in [0.05, 0.1) is 5.54 Å². The fourth-order valence-corrected chi connectivity index (χ4v) is 3.25. The molecule has 4 rings (SSSR count). The highest BCUT2D eigenvalue weighted by molar-refractivity contribution is 5.95. The third-order valence-electron chi connectivity index (χ3n) is 4.71. The summed E-state index contributed by atoms with van der Waals surface area (Å²) in [5.41, 5.74) is 2.82. The highest BCUT2D eigenvalue weighted by atomic mass is 16.1. The minimum Gasteiger partial charge on any atom is -0.339 e. The van der Waals surface area contributed by atoms with Crippen LogP contribution < -0.4 is 5.32 Å². The SMILES string of the molecule is O=C(NC1(c2ncn[nH]2)CCC1)c1ccc2c(c1)CCC=C2. The molecule has 0 bridgehead atoms. The average Bonchev–Trinajstić information content (AvgIpc) is 3.04. The van der Waals surface area contributed by atoms with Crippen molar-refractivity contribution in [3.63, 3.8) is 0 Å². The molecule has 2 N–H and O–H groups in total. The van der Waals surface area contributed by atoms with Gasteiger partial charge < -0.3 is 5.32 Å². The van der Waals surface area contributed by atoms with Crippen LogP contribution in [0.15, 0.2) is 30.6 Å². The van der Waals surface area contributed by atoms with Crippen molar-refractivity contribution in [1.29, 1.82) is 0 Å². The molecular weight excluding hydrogens is 276 g/mol. The third-order valence-corrected chi connectivity index (χ3v) is 4.71. The van der Waals surface area contributed by atoms with E-state index in [1.807, 2.05) is 18.2 Å². The molecule has 2 aliphatic carbocycles. The Labute approximate surface area is 128 Å². The Bertz CT molecular complexity index is 729. The third kappa shape index (κ3) is 2.13. The smallest absolute Gasteiger partial charge is 0.252 e. The molecule has 2 aromatic rings. The summed E-state index contributed by atoms with van der Waals surface area (Å²) in [7, 11) is 0. The Morgan fingerprint density at radius 1 is 1.32 bits per heavy atom. The average molecular weight is 294 g/mol. The van der Waals surface area contributed by atoms with Crippen LogP contribution in [-0.2, 0) is 12.0 Å². The second kappa shape index (κ2) is 5.09. The zero-order valence-electron chi connectivity index (χ0n) is 12.3. The van der Waals surface area contributed by atoms with Gasteiger partial charge in [-0.2, -0.15) is 5.10 Å². The number of benzene rings is 1. The summed E-state index contributed by atoms with van der Waals surface area (Å²) in [6.45, 7) is 0. The van der Waals surface area contributed by atoms with Crippen molar-refractivity contribution in [3.8, 4) is 0 Å². The van der Waals surface area contributed by atoms with Crippen LogP contribution in [-0.4, -0.2) is 21.1 Å². The standard InChI is InChI=1S/C17H18N4O/c22-15(14-7-6-12-4-1-2-5-13(12)10-14)20-17(8-3-9-17)16-18-11-19-21-16/h1,4,6-7,10-11H,2-3,5,8-9H2,(H,20,22)(H,18,19,21). The van der Waals surface area contributed by atoms with Gasteiger partial charge in [-0.1, -0.05) is 18.2 Å². The van der Waals surface area contributed by atoms with E-state index in [9.17, 15) is 4.79 Å². The molecule has 1 aromatic carbocycles. The monoisotopic (exact) mass is 294 g/mol. The number of nitrogens with one attached hydrogen (secondary N) is 2. The maximum absolute atomic E-state index is 12.6. The molecule has 0 aliphatic heterocycles. The summed E-state index contributed by atoms with van der Waals surface area (Å²) < 4.78 is 0. The minimum atomic E-state index is -0.372. The predicted molar refractivity (Wildman–Crippen MR) is 83.2 cm³/mol. The fourth-order valence-electron chi connectivity index (χ4n) is 3.25. The highest BCUT2D eigenvalue weighted by Gasteiger charge is 2.42. The van der Waals surface area contributed by atoms with Crippen LogP contribution in [0.2, 0.25) is 0 Å². The molecule has 5 heteroatoms. The molecular formula is C17H18N4O. The summed E-state index contributed by atoms with van der Waals surface area (Å²) in [4.78, 5) is 16.9. The van der Waals surface area contributed by atoms with Crippen LogP contribution >= 0.6 is 0 Å². The number of nitrogens with zero attached hydrogens (tertiary/aromatic N) is 2. The molecule has 0 atom stereocenters. The molecule has 5 nitrogen and oxygen atoms in total. The zero-order chi connectivity index (χ0) is 15.0. The Morgan fingerprint density at radius 2 is 2.23 bits per heavy atom. The Balaban J connectivity index is 1.58. The van der Waals surface area contributed by atoms with E-state index in [4.69, 9.17) is 0 Å². The summed E-state index contributed by atoms with van der Waals surface area (Å²) in [5.74, 6) is 0.724. The van der Waals surface area contributed by atoms with Gasteiger partial charge in [0.15, 0.2) is 0 Å². The fraction of sp³-hybridized carbons (Fsp3) is 0.353. The molecule has 22 heavy (non-hydrogen) atoms. The second-order valence-electron chi connectivity index (χ2n) is 6.08. The Hall–Kier alpha value is -2.43. The van der Waals surface area contributed by atoms with Crippen LogP contribution in [0, 0.1) is 0 Å². The lowest BCUT2D eigenvalue weighted by molar-refractivity contribution is 0.0809. The van der Waals surface area contributed by atoms with Gasteiger partial charge in [-0.25, -0.2) is 4.98 Å². The van der Waals surface area contributed by atoms with Gasteiger partial charge >= 0.3 is 0 Å². The van der Waals surface area contributed by atoms with Crippen LogP contribution in [0.3, 0.4) is 0 Å². The first-order valence-corrected chi connectivity index (χ1v) is 7.75. The van der Waals surface area contributed by atoms with Gasteiger partial charge in [-0.05, 0) is 55.4 Å². The minimum absolute atomic E-state index is 0.0338. The number of rotatable bonds is 3. The van der Waals surface area contributed by atoms with Crippen LogP contribution in [0.4, 0.5) is 0 Å². The van der Waals surface area contributed by atoms with E-state index in [0.717, 1.165) is 43.5 Å². The molecule has 2 aliphatic rings. The van der Waals surface area contributed by atoms with Crippen molar-refractivity contribution >= 4 is 12.0 Å². The molecule has 1 saturated carbocycles. The zero-order valence-corrected chi connectivity index (χ0v) is 12.3. The molecule has 0 unspecified atom stereocenters. The van der Waals surface area contributed by atoms with Crippen molar-refractivity contribution in [2.45, 2.75) is 37.6 Å². The van der Waals surface area contributed by atoms with Crippen molar-refractivity contribution < 1.29 is 4.79 Å². The van der Waals surface area contributed by atoms with Crippen LogP contribution in [0.25, 0.3) is 6.08 Å². The topological polar surface area (TPSA) is 70.7 Å². The van der Waals surface area contributed by atoms with Crippen LogP contribution in [0.5, 0.6) is 0 Å². The van der Waals surface area contributed by atoms with E-state index in [1.54, 1.807) is 0 Å². The van der Waals surface area contributed by atoms with Gasteiger partial charge in [0.1, 0.15) is 12.2 Å². The number of fused-ring (bicyclic) bond motifs is 1. The number of carbonyl (C=O) groups is 1. The van der Waals surface area contributed by atoms with Gasteiger partial charge in [-0.3, -0.25) is 9.89 Å². The lowest BCUT2D eigenvalue weighted by atomic mass is 9.76. The Kier molecular flexibility index (Phi) is 3.06. The number of aromatic amines is 1. The number of allylic oxidation sites excluding steroid dienone is 1. The van der Waals surface area contributed by atoms with Gasteiger partial charge in [0, 0.05) is 5.56 Å².